The summed E-state index contributed by atoms with van der Waals surface area (Å²) in [7, 11) is 1.74. The highest BCUT2D eigenvalue weighted by Crippen LogP contribution is 2.22. The summed E-state index contributed by atoms with van der Waals surface area (Å²) in [5.74, 6) is 1.44. The third-order valence-electron chi connectivity index (χ3n) is 4.52. The number of primary amides is 1. The van der Waals surface area contributed by atoms with Crippen molar-refractivity contribution in [1.82, 2.24) is 9.80 Å². The van der Waals surface area contributed by atoms with E-state index in [0.717, 1.165) is 23.5 Å². The number of para-hydroxylation sites is 1. The van der Waals surface area contributed by atoms with Crippen molar-refractivity contribution in [3.63, 3.8) is 0 Å². The van der Waals surface area contributed by atoms with Gasteiger partial charge in [-0.25, -0.2) is 4.79 Å². The molecule has 1 aliphatic rings. The Balaban J connectivity index is 1.59. The zero-order valence-electron chi connectivity index (χ0n) is 14.8. The molecule has 2 aromatic carbocycles. The van der Waals surface area contributed by atoms with Gasteiger partial charge in [-0.2, -0.15) is 0 Å². The van der Waals surface area contributed by atoms with Crippen LogP contribution in [0.1, 0.15) is 18.4 Å². The molecule has 3 amide bonds. The van der Waals surface area contributed by atoms with Crippen molar-refractivity contribution in [2.24, 2.45) is 5.73 Å². The molecule has 0 aliphatic carbocycles. The third-order valence-corrected chi connectivity index (χ3v) is 4.52. The Bertz CT molecular complexity index is 762. The highest BCUT2D eigenvalue weighted by atomic mass is 16.5. The van der Waals surface area contributed by atoms with Crippen LogP contribution in [0.25, 0.3) is 0 Å². The summed E-state index contributed by atoms with van der Waals surface area (Å²) in [6.45, 7) is 1.01. The van der Waals surface area contributed by atoms with E-state index >= 15 is 0 Å². The van der Waals surface area contributed by atoms with Gasteiger partial charge in [-0.1, -0.05) is 30.3 Å². The smallest absolute Gasteiger partial charge is 0.315 e. The first-order valence-electron chi connectivity index (χ1n) is 8.67. The summed E-state index contributed by atoms with van der Waals surface area (Å²) in [5, 5.41) is 0. The van der Waals surface area contributed by atoms with E-state index in [4.69, 9.17) is 10.5 Å². The molecule has 136 valence electrons. The molecule has 0 aromatic heterocycles. The lowest BCUT2D eigenvalue weighted by Gasteiger charge is -2.26. The standard InChI is InChI=1S/C20H23N3O3/c1-22(19(24)18-8-5-13-23(18)20(21)25)14-15-9-11-17(12-10-15)26-16-6-3-2-4-7-16/h2-4,6-7,9-12,18H,5,8,13-14H2,1H3,(H2,21,25). The predicted molar refractivity (Wildman–Crippen MR) is 98.7 cm³/mol. The Morgan fingerprint density at radius 1 is 1.12 bits per heavy atom. The number of hydrogen-bond donors (Lipinski definition) is 1. The van der Waals surface area contributed by atoms with Gasteiger partial charge in [-0.05, 0) is 42.7 Å². The first-order valence-corrected chi connectivity index (χ1v) is 8.67. The summed E-state index contributed by atoms with van der Waals surface area (Å²) in [5.41, 5.74) is 6.35. The summed E-state index contributed by atoms with van der Waals surface area (Å²) >= 11 is 0. The largest absolute Gasteiger partial charge is 0.457 e. The summed E-state index contributed by atoms with van der Waals surface area (Å²) in [6.07, 6.45) is 1.47. The number of carbonyl (C=O) groups excluding carboxylic acids is 2. The number of carbonyl (C=O) groups is 2. The first-order chi connectivity index (χ1) is 12.5. The lowest BCUT2D eigenvalue weighted by atomic mass is 10.1. The van der Waals surface area contributed by atoms with Gasteiger partial charge in [0.2, 0.25) is 5.91 Å². The van der Waals surface area contributed by atoms with E-state index in [1.165, 1.54) is 4.90 Å². The number of nitrogens with two attached hydrogens (primary N) is 1. The van der Waals surface area contributed by atoms with Crippen molar-refractivity contribution in [3.05, 3.63) is 60.2 Å². The van der Waals surface area contributed by atoms with Gasteiger partial charge in [-0.3, -0.25) is 4.79 Å². The number of benzene rings is 2. The van der Waals surface area contributed by atoms with E-state index in [1.807, 2.05) is 54.6 Å². The second kappa shape index (κ2) is 7.91. The average Bonchev–Trinajstić information content (AvgIpc) is 3.13. The zero-order chi connectivity index (χ0) is 18.5. The van der Waals surface area contributed by atoms with E-state index < -0.39 is 12.1 Å². The van der Waals surface area contributed by atoms with Gasteiger partial charge >= 0.3 is 6.03 Å². The van der Waals surface area contributed by atoms with E-state index in [-0.39, 0.29) is 5.91 Å². The molecule has 1 atom stereocenters. The quantitative estimate of drug-likeness (QED) is 0.898. The van der Waals surface area contributed by atoms with Crippen LogP contribution in [0.5, 0.6) is 11.5 Å². The van der Waals surface area contributed by atoms with Crippen LogP contribution in [-0.4, -0.2) is 41.4 Å². The topological polar surface area (TPSA) is 75.9 Å². The number of urea groups is 1. The van der Waals surface area contributed by atoms with Gasteiger partial charge in [-0.15, -0.1) is 0 Å². The maximum Gasteiger partial charge on any atom is 0.315 e. The van der Waals surface area contributed by atoms with Crippen molar-refractivity contribution < 1.29 is 14.3 Å². The van der Waals surface area contributed by atoms with Gasteiger partial charge in [0.25, 0.3) is 0 Å². The molecule has 1 fully saturated rings. The highest BCUT2D eigenvalue weighted by Gasteiger charge is 2.34. The second-order valence-corrected chi connectivity index (χ2v) is 6.44. The van der Waals surface area contributed by atoms with Crippen LogP contribution in [0.3, 0.4) is 0 Å². The van der Waals surface area contributed by atoms with Crippen molar-refractivity contribution >= 4 is 11.9 Å². The number of rotatable bonds is 5. The van der Waals surface area contributed by atoms with Crippen LogP contribution in [-0.2, 0) is 11.3 Å². The van der Waals surface area contributed by atoms with E-state index in [1.54, 1.807) is 11.9 Å². The first kappa shape index (κ1) is 17.8. The molecule has 1 heterocycles. The lowest BCUT2D eigenvalue weighted by Crippen LogP contribution is -2.48. The molecule has 1 saturated heterocycles. The van der Waals surface area contributed by atoms with Gasteiger partial charge < -0.3 is 20.3 Å². The monoisotopic (exact) mass is 353 g/mol. The predicted octanol–water partition coefficient (Wildman–Crippen LogP) is 2.98. The summed E-state index contributed by atoms with van der Waals surface area (Å²) in [4.78, 5) is 27.2. The van der Waals surface area contributed by atoms with Crippen molar-refractivity contribution in [2.75, 3.05) is 13.6 Å². The maximum atomic E-state index is 12.6. The number of likely N-dealkylation sites (tertiary alicyclic amines) is 1. The minimum atomic E-state index is -0.531. The van der Waals surface area contributed by atoms with Crippen molar-refractivity contribution in [3.8, 4) is 11.5 Å². The Morgan fingerprint density at radius 3 is 2.42 bits per heavy atom. The Hall–Kier alpha value is -3.02. The Labute approximate surface area is 153 Å². The number of nitrogens with zero attached hydrogens (tertiary/aromatic N) is 2. The van der Waals surface area contributed by atoms with Gasteiger partial charge in [0.15, 0.2) is 0 Å². The molecule has 0 bridgehead atoms. The number of amides is 3. The van der Waals surface area contributed by atoms with Crippen LogP contribution in [0.15, 0.2) is 54.6 Å². The number of ether oxygens (including phenoxy) is 1. The molecular formula is C20H23N3O3. The lowest BCUT2D eigenvalue weighted by molar-refractivity contribution is -0.134. The van der Waals surface area contributed by atoms with Crippen LogP contribution in [0.4, 0.5) is 4.79 Å². The molecule has 6 nitrogen and oxygen atoms in total. The molecule has 0 saturated carbocycles. The zero-order valence-corrected chi connectivity index (χ0v) is 14.8. The molecule has 1 unspecified atom stereocenters. The molecule has 0 spiro atoms. The van der Waals surface area contributed by atoms with E-state index in [0.29, 0.717) is 19.5 Å². The van der Waals surface area contributed by atoms with E-state index in [9.17, 15) is 9.59 Å². The van der Waals surface area contributed by atoms with Crippen LogP contribution >= 0.6 is 0 Å². The minimum absolute atomic E-state index is 0.0779. The molecule has 6 heteroatoms. The molecule has 0 radical (unpaired) electrons. The highest BCUT2D eigenvalue weighted by molar-refractivity contribution is 5.87. The van der Waals surface area contributed by atoms with Gasteiger partial charge in [0, 0.05) is 20.1 Å². The second-order valence-electron chi connectivity index (χ2n) is 6.44. The maximum absolute atomic E-state index is 12.6. The SMILES string of the molecule is CN(Cc1ccc(Oc2ccccc2)cc1)C(=O)C1CCCN1C(N)=O. The Morgan fingerprint density at radius 2 is 1.77 bits per heavy atom. The third kappa shape index (κ3) is 4.14. The van der Waals surface area contributed by atoms with E-state index in [2.05, 4.69) is 0 Å². The van der Waals surface area contributed by atoms with Gasteiger partial charge in [0.1, 0.15) is 17.5 Å². The fraction of sp³-hybridized carbons (Fsp3) is 0.300. The molecule has 2 N–H and O–H groups in total. The summed E-state index contributed by atoms with van der Waals surface area (Å²) < 4.78 is 5.77. The van der Waals surface area contributed by atoms with Crippen LogP contribution in [0, 0.1) is 0 Å². The molecule has 2 aromatic rings. The van der Waals surface area contributed by atoms with Crippen molar-refractivity contribution in [2.45, 2.75) is 25.4 Å². The van der Waals surface area contributed by atoms with Crippen LogP contribution < -0.4 is 10.5 Å². The van der Waals surface area contributed by atoms with Gasteiger partial charge in [0.05, 0.1) is 0 Å². The molecule has 3 rings (SSSR count). The summed E-state index contributed by atoms with van der Waals surface area (Å²) in [6, 6.07) is 16.2. The molecule has 1 aliphatic heterocycles. The number of hydrogen-bond acceptors (Lipinski definition) is 3. The average molecular weight is 353 g/mol. The molecule has 26 heavy (non-hydrogen) atoms. The fourth-order valence-corrected chi connectivity index (χ4v) is 3.18. The molecular weight excluding hydrogens is 330 g/mol. The number of likely N-dealkylation sites (N-methyl/N-ethyl adjacent to an activating group) is 1. The van der Waals surface area contributed by atoms with Crippen LogP contribution in [0.2, 0.25) is 0 Å². The van der Waals surface area contributed by atoms with Crippen molar-refractivity contribution in [1.29, 1.82) is 0 Å². The normalized spacial score (nSPS) is 16.3. The Kier molecular flexibility index (Phi) is 5.41. The minimum Gasteiger partial charge on any atom is -0.457 e. The fourth-order valence-electron chi connectivity index (χ4n) is 3.18.